The van der Waals surface area contributed by atoms with Crippen LogP contribution in [-0.4, -0.2) is 46.4 Å². The molecule has 4 aliphatic rings. The number of nitrogens with zero attached hydrogens (tertiary/aromatic N) is 2. The second kappa shape index (κ2) is 6.08. The van der Waals surface area contributed by atoms with Crippen molar-refractivity contribution >= 4 is 17.0 Å². The highest BCUT2D eigenvalue weighted by atomic mass is 16.5. The SMILES string of the molecule is CCOC(=O)n1c2c(c3ccccc31)CCN1C[C@@H]3C[C@H](CC)[C@H]1[C@@]2(O)C3. The fourth-order valence-electron chi connectivity index (χ4n) is 6.28. The normalized spacial score (nSPS) is 34.3. The summed E-state index contributed by atoms with van der Waals surface area (Å²) >= 11 is 0. The summed E-state index contributed by atoms with van der Waals surface area (Å²) in [7, 11) is 0. The number of aromatic nitrogens is 1. The molecule has 144 valence electrons. The average Bonchev–Trinajstić information content (AvgIpc) is 2.97. The van der Waals surface area contributed by atoms with Crippen molar-refractivity contribution in [2.24, 2.45) is 11.8 Å². The average molecular weight is 368 g/mol. The molecule has 1 aliphatic carbocycles. The molecule has 4 heterocycles. The molecule has 1 saturated carbocycles. The molecule has 5 nitrogen and oxygen atoms in total. The first-order valence-corrected chi connectivity index (χ1v) is 10.3. The van der Waals surface area contributed by atoms with Gasteiger partial charge in [-0.1, -0.05) is 31.5 Å². The van der Waals surface area contributed by atoms with E-state index in [0.29, 0.717) is 18.4 Å². The lowest BCUT2D eigenvalue weighted by Gasteiger charge is -2.57. The van der Waals surface area contributed by atoms with Crippen LogP contribution in [-0.2, 0) is 16.8 Å². The molecule has 6 rings (SSSR count). The molecule has 2 aromatic rings. The lowest BCUT2D eigenvalue weighted by atomic mass is 9.62. The van der Waals surface area contributed by atoms with Crippen LogP contribution < -0.4 is 0 Å². The zero-order valence-corrected chi connectivity index (χ0v) is 16.1. The van der Waals surface area contributed by atoms with Gasteiger partial charge in [-0.15, -0.1) is 0 Å². The molecule has 1 aromatic heterocycles. The molecule has 2 saturated heterocycles. The summed E-state index contributed by atoms with van der Waals surface area (Å²) in [4.78, 5) is 15.5. The number of piperidine rings is 2. The molecule has 1 aromatic carbocycles. The number of ether oxygens (including phenoxy) is 1. The molecule has 5 atom stereocenters. The molecule has 3 aliphatic heterocycles. The van der Waals surface area contributed by atoms with Crippen LogP contribution in [0.3, 0.4) is 0 Å². The van der Waals surface area contributed by atoms with Crippen molar-refractivity contribution in [3.05, 3.63) is 35.5 Å². The molecule has 1 unspecified atom stereocenters. The summed E-state index contributed by atoms with van der Waals surface area (Å²) in [6, 6.07) is 8.11. The van der Waals surface area contributed by atoms with E-state index < -0.39 is 5.60 Å². The molecule has 3 fully saturated rings. The molecule has 27 heavy (non-hydrogen) atoms. The number of carbonyl (C=O) groups excluding carboxylic acids is 1. The molecular weight excluding hydrogens is 340 g/mol. The Bertz CT molecular complexity index is 904. The minimum absolute atomic E-state index is 0.0891. The molecule has 1 N–H and O–H groups in total. The Morgan fingerprint density at radius 1 is 1.33 bits per heavy atom. The number of para-hydroxylation sites is 1. The predicted molar refractivity (Wildman–Crippen MR) is 104 cm³/mol. The maximum Gasteiger partial charge on any atom is 0.418 e. The Hall–Kier alpha value is -1.85. The van der Waals surface area contributed by atoms with Gasteiger partial charge in [0.25, 0.3) is 0 Å². The zero-order valence-electron chi connectivity index (χ0n) is 16.1. The standard InChI is InChI=1S/C22H28N2O3/c1-3-15-11-14-12-22(26)19(15)23(13-14)10-9-17-16-7-5-6-8-18(16)24(20(17)22)21(25)27-4-2/h5-8,14-15,19,26H,3-4,9-13H2,1-2H3/t14-,15+,19+,22+/m1/s1. The Labute approximate surface area is 159 Å². The van der Waals surface area contributed by atoms with E-state index >= 15 is 0 Å². The lowest BCUT2D eigenvalue weighted by Crippen LogP contribution is -2.64. The lowest BCUT2D eigenvalue weighted by molar-refractivity contribution is -0.162. The Kier molecular flexibility index (Phi) is 3.89. The van der Waals surface area contributed by atoms with Gasteiger partial charge in [-0.3, -0.25) is 4.90 Å². The van der Waals surface area contributed by atoms with Crippen molar-refractivity contribution < 1.29 is 14.6 Å². The van der Waals surface area contributed by atoms with Gasteiger partial charge in [-0.05, 0) is 49.7 Å². The van der Waals surface area contributed by atoms with Crippen LogP contribution in [0.1, 0.15) is 44.4 Å². The van der Waals surface area contributed by atoms with Crippen LogP contribution in [0.4, 0.5) is 4.79 Å². The van der Waals surface area contributed by atoms with Crippen molar-refractivity contribution in [3.8, 4) is 0 Å². The number of carbonyl (C=O) groups is 1. The van der Waals surface area contributed by atoms with E-state index in [1.54, 1.807) is 4.57 Å². The fourth-order valence-corrected chi connectivity index (χ4v) is 6.28. The quantitative estimate of drug-likeness (QED) is 0.881. The summed E-state index contributed by atoms with van der Waals surface area (Å²) in [5, 5.41) is 13.2. The van der Waals surface area contributed by atoms with Crippen molar-refractivity contribution in [2.75, 3.05) is 19.7 Å². The molecule has 5 heteroatoms. The van der Waals surface area contributed by atoms with E-state index in [1.165, 1.54) is 6.42 Å². The summed E-state index contributed by atoms with van der Waals surface area (Å²) in [5.74, 6) is 0.965. The maximum absolute atomic E-state index is 13.0. The number of hydrogen-bond donors (Lipinski definition) is 1. The van der Waals surface area contributed by atoms with Gasteiger partial charge in [0, 0.05) is 24.5 Å². The Morgan fingerprint density at radius 3 is 2.93 bits per heavy atom. The van der Waals surface area contributed by atoms with E-state index in [-0.39, 0.29) is 12.1 Å². The van der Waals surface area contributed by atoms with Crippen LogP contribution in [0, 0.1) is 11.8 Å². The molecule has 0 radical (unpaired) electrons. The van der Waals surface area contributed by atoms with E-state index in [9.17, 15) is 9.90 Å². The number of rotatable bonds is 2. The van der Waals surface area contributed by atoms with Crippen molar-refractivity contribution in [3.63, 3.8) is 0 Å². The van der Waals surface area contributed by atoms with Gasteiger partial charge in [-0.25, -0.2) is 9.36 Å². The van der Waals surface area contributed by atoms with Crippen LogP contribution in [0.15, 0.2) is 24.3 Å². The van der Waals surface area contributed by atoms with Crippen molar-refractivity contribution in [2.45, 2.75) is 51.2 Å². The number of aliphatic hydroxyl groups is 1. The molecular formula is C22H28N2O3. The summed E-state index contributed by atoms with van der Waals surface area (Å²) in [6.07, 6.45) is 3.49. The van der Waals surface area contributed by atoms with Crippen LogP contribution >= 0.6 is 0 Å². The van der Waals surface area contributed by atoms with Crippen LogP contribution in [0.25, 0.3) is 10.9 Å². The molecule has 0 amide bonds. The Balaban J connectivity index is 1.80. The fraction of sp³-hybridized carbons (Fsp3) is 0.591. The summed E-state index contributed by atoms with van der Waals surface area (Å²) in [6.45, 7) is 6.40. The van der Waals surface area contributed by atoms with Gasteiger partial charge in [0.1, 0.15) is 5.60 Å². The predicted octanol–water partition coefficient (Wildman–Crippen LogP) is 3.51. The highest BCUT2D eigenvalue weighted by molar-refractivity contribution is 5.94. The van der Waals surface area contributed by atoms with E-state index in [2.05, 4.69) is 17.9 Å². The van der Waals surface area contributed by atoms with Gasteiger partial charge in [0.15, 0.2) is 0 Å². The molecule has 0 spiro atoms. The number of benzene rings is 1. The second-order valence-electron chi connectivity index (χ2n) is 8.47. The first-order chi connectivity index (χ1) is 13.1. The summed E-state index contributed by atoms with van der Waals surface area (Å²) < 4.78 is 7.10. The minimum Gasteiger partial charge on any atom is -0.449 e. The van der Waals surface area contributed by atoms with Gasteiger partial charge in [0.2, 0.25) is 0 Å². The minimum atomic E-state index is -0.987. The monoisotopic (exact) mass is 368 g/mol. The number of hydrogen-bond acceptors (Lipinski definition) is 4. The number of fused-ring (bicyclic) bond motifs is 4. The van der Waals surface area contributed by atoms with Crippen LogP contribution in [0.2, 0.25) is 0 Å². The maximum atomic E-state index is 13.0. The molecule has 4 bridgehead atoms. The van der Waals surface area contributed by atoms with E-state index in [0.717, 1.165) is 54.5 Å². The van der Waals surface area contributed by atoms with E-state index in [1.807, 2.05) is 25.1 Å². The first kappa shape index (κ1) is 17.3. The highest BCUT2D eigenvalue weighted by Crippen LogP contribution is 2.54. The second-order valence-corrected chi connectivity index (χ2v) is 8.47. The third-order valence-corrected chi connectivity index (χ3v) is 7.07. The van der Waals surface area contributed by atoms with Crippen molar-refractivity contribution in [1.82, 2.24) is 9.47 Å². The van der Waals surface area contributed by atoms with Gasteiger partial charge in [-0.2, -0.15) is 0 Å². The smallest absolute Gasteiger partial charge is 0.418 e. The zero-order chi connectivity index (χ0) is 18.8. The van der Waals surface area contributed by atoms with Gasteiger partial charge >= 0.3 is 6.09 Å². The topological polar surface area (TPSA) is 54.7 Å². The van der Waals surface area contributed by atoms with Gasteiger partial charge < -0.3 is 9.84 Å². The van der Waals surface area contributed by atoms with Crippen LogP contribution in [0.5, 0.6) is 0 Å². The Morgan fingerprint density at radius 2 is 2.15 bits per heavy atom. The van der Waals surface area contributed by atoms with Gasteiger partial charge in [0.05, 0.1) is 17.8 Å². The third kappa shape index (κ3) is 2.28. The van der Waals surface area contributed by atoms with E-state index in [4.69, 9.17) is 4.74 Å². The third-order valence-electron chi connectivity index (χ3n) is 7.07. The summed E-state index contributed by atoms with van der Waals surface area (Å²) in [5.41, 5.74) is 1.81. The van der Waals surface area contributed by atoms with Crippen molar-refractivity contribution in [1.29, 1.82) is 0 Å². The largest absolute Gasteiger partial charge is 0.449 e. The first-order valence-electron chi connectivity index (χ1n) is 10.3. The highest BCUT2D eigenvalue weighted by Gasteiger charge is 2.58.